The third kappa shape index (κ3) is 2.92. The number of hydrogen-bond donors (Lipinski definition) is 1. The summed E-state index contributed by atoms with van der Waals surface area (Å²) in [7, 11) is 1.91. The molecule has 2 aromatic carbocycles. The van der Waals surface area contributed by atoms with E-state index in [1.165, 1.54) is 16.3 Å². The molecular formula is C21H25N3O. The second-order valence-electron chi connectivity index (χ2n) is 7.15. The van der Waals surface area contributed by atoms with Gasteiger partial charge in [0, 0.05) is 48.4 Å². The van der Waals surface area contributed by atoms with Gasteiger partial charge in [-0.1, -0.05) is 19.6 Å². The number of furan rings is 1. The molecule has 1 aliphatic heterocycles. The van der Waals surface area contributed by atoms with Crippen molar-refractivity contribution in [2.75, 3.05) is 25.0 Å². The van der Waals surface area contributed by atoms with E-state index in [-0.39, 0.29) is 0 Å². The van der Waals surface area contributed by atoms with Crippen LogP contribution in [0.2, 0.25) is 0 Å². The molecule has 4 rings (SSSR count). The summed E-state index contributed by atoms with van der Waals surface area (Å²) in [4.78, 5) is 2.29. The highest BCUT2D eigenvalue weighted by Gasteiger charge is 2.27. The van der Waals surface area contributed by atoms with Crippen molar-refractivity contribution in [2.24, 2.45) is 11.8 Å². The summed E-state index contributed by atoms with van der Waals surface area (Å²) >= 11 is 0. The third-order valence-electron chi connectivity index (χ3n) is 5.13. The van der Waals surface area contributed by atoms with Gasteiger partial charge in [-0.3, -0.25) is 5.84 Å². The third-order valence-corrected chi connectivity index (χ3v) is 5.13. The van der Waals surface area contributed by atoms with Gasteiger partial charge in [-0.15, -0.1) is 0 Å². The van der Waals surface area contributed by atoms with E-state index in [2.05, 4.69) is 54.8 Å². The lowest BCUT2D eigenvalue weighted by Crippen LogP contribution is -2.33. The zero-order valence-corrected chi connectivity index (χ0v) is 15.0. The number of benzene rings is 2. The van der Waals surface area contributed by atoms with Crippen LogP contribution in [-0.4, -0.2) is 25.1 Å². The molecule has 0 spiro atoms. The number of nitrogens with two attached hydrogens (primary N) is 1. The maximum atomic E-state index is 6.09. The molecule has 1 atom stereocenters. The first-order valence-corrected chi connectivity index (χ1v) is 8.91. The van der Waals surface area contributed by atoms with Crippen molar-refractivity contribution in [3.8, 4) is 0 Å². The zero-order valence-electron chi connectivity index (χ0n) is 15.0. The van der Waals surface area contributed by atoms with Crippen LogP contribution in [0.5, 0.6) is 0 Å². The Labute approximate surface area is 148 Å². The Hall–Kier alpha value is -2.30. The minimum absolute atomic E-state index is 0.515. The summed E-state index contributed by atoms with van der Waals surface area (Å²) in [6, 6.07) is 12.9. The number of hydrazine groups is 1. The van der Waals surface area contributed by atoms with Gasteiger partial charge in [0.1, 0.15) is 11.2 Å². The average molecular weight is 335 g/mol. The lowest BCUT2D eigenvalue weighted by Gasteiger charge is -2.20. The molecule has 130 valence electrons. The minimum atomic E-state index is 0.515. The fraction of sp³-hybridized carbons (Fsp3) is 0.333. The van der Waals surface area contributed by atoms with E-state index < -0.39 is 0 Å². The Morgan fingerprint density at radius 1 is 1.20 bits per heavy atom. The number of anilines is 1. The van der Waals surface area contributed by atoms with Crippen LogP contribution in [0.4, 0.5) is 5.69 Å². The van der Waals surface area contributed by atoms with Crippen LogP contribution in [0.25, 0.3) is 21.9 Å². The van der Waals surface area contributed by atoms with Gasteiger partial charge in [0.25, 0.3) is 0 Å². The van der Waals surface area contributed by atoms with Crippen LogP contribution in [0, 0.1) is 5.92 Å². The topological polar surface area (TPSA) is 45.6 Å². The number of nitrogens with zero attached hydrogens (tertiary/aromatic N) is 2. The lowest BCUT2D eigenvalue weighted by atomic mass is 10.1. The first-order valence-electron chi connectivity index (χ1n) is 8.91. The van der Waals surface area contributed by atoms with Crippen LogP contribution in [0.1, 0.15) is 18.9 Å². The fourth-order valence-corrected chi connectivity index (χ4v) is 3.91. The van der Waals surface area contributed by atoms with Gasteiger partial charge in [-0.25, -0.2) is 5.01 Å². The van der Waals surface area contributed by atoms with Gasteiger partial charge in [0.15, 0.2) is 0 Å². The normalized spacial score (nSPS) is 18.2. The van der Waals surface area contributed by atoms with Gasteiger partial charge in [0.2, 0.25) is 0 Å². The maximum Gasteiger partial charge on any atom is 0.137 e. The molecule has 0 radical (unpaired) electrons. The van der Waals surface area contributed by atoms with Gasteiger partial charge < -0.3 is 9.32 Å². The second-order valence-corrected chi connectivity index (χ2v) is 7.15. The first-order chi connectivity index (χ1) is 12.0. The standard InChI is InChI=1S/C21H25N3O/c1-4-15-5-8-20-19(10-15)18-7-6-17(11-21(18)25-20)24-13-16(9-14(24)2)12-23(3)22/h5-8,10-11,16H,2,4,9,12-13,22H2,1,3H3/t16-/m0/s1. The largest absolute Gasteiger partial charge is 0.456 e. The Morgan fingerprint density at radius 2 is 2.04 bits per heavy atom. The molecule has 1 fully saturated rings. The van der Waals surface area contributed by atoms with Gasteiger partial charge in [-0.05, 0) is 48.6 Å². The van der Waals surface area contributed by atoms with Gasteiger partial charge in [0.05, 0.1) is 0 Å². The molecule has 0 saturated carbocycles. The van der Waals surface area contributed by atoms with Crippen LogP contribution in [-0.2, 0) is 6.42 Å². The van der Waals surface area contributed by atoms with Crippen molar-refractivity contribution in [3.05, 3.63) is 54.2 Å². The van der Waals surface area contributed by atoms with E-state index in [0.29, 0.717) is 5.92 Å². The van der Waals surface area contributed by atoms with Crippen molar-refractivity contribution in [2.45, 2.75) is 19.8 Å². The van der Waals surface area contributed by atoms with Crippen LogP contribution in [0.3, 0.4) is 0 Å². The molecular weight excluding hydrogens is 310 g/mol. The number of rotatable bonds is 4. The van der Waals surface area contributed by atoms with Crippen molar-refractivity contribution in [1.29, 1.82) is 0 Å². The van der Waals surface area contributed by atoms with E-state index in [0.717, 1.165) is 48.5 Å². The van der Waals surface area contributed by atoms with E-state index in [1.807, 2.05) is 7.05 Å². The number of aryl methyl sites for hydroxylation is 1. The summed E-state index contributed by atoms with van der Waals surface area (Å²) in [5.74, 6) is 6.33. The lowest BCUT2D eigenvalue weighted by molar-refractivity contribution is 0.297. The molecule has 3 aromatic rings. The summed E-state index contributed by atoms with van der Waals surface area (Å²) in [6.45, 7) is 8.25. The zero-order chi connectivity index (χ0) is 17.6. The maximum absolute atomic E-state index is 6.09. The Bertz CT molecular complexity index is 941. The van der Waals surface area contributed by atoms with Crippen LogP contribution < -0.4 is 10.7 Å². The molecule has 0 bridgehead atoms. The number of allylic oxidation sites excluding steroid dienone is 1. The molecule has 25 heavy (non-hydrogen) atoms. The first kappa shape index (κ1) is 16.2. The molecule has 4 heteroatoms. The van der Waals surface area contributed by atoms with E-state index in [9.17, 15) is 0 Å². The molecule has 4 nitrogen and oxygen atoms in total. The van der Waals surface area contributed by atoms with Crippen molar-refractivity contribution < 1.29 is 4.42 Å². The van der Waals surface area contributed by atoms with Crippen LogP contribution in [0.15, 0.2) is 53.1 Å². The van der Waals surface area contributed by atoms with Crippen molar-refractivity contribution in [1.82, 2.24) is 5.01 Å². The highest BCUT2D eigenvalue weighted by molar-refractivity contribution is 6.06. The smallest absolute Gasteiger partial charge is 0.137 e. The Morgan fingerprint density at radius 3 is 2.80 bits per heavy atom. The Balaban J connectivity index is 1.69. The van der Waals surface area contributed by atoms with E-state index >= 15 is 0 Å². The van der Waals surface area contributed by atoms with Crippen molar-refractivity contribution >= 4 is 27.6 Å². The summed E-state index contributed by atoms with van der Waals surface area (Å²) < 4.78 is 6.09. The average Bonchev–Trinajstić information content (AvgIpc) is 3.12. The van der Waals surface area contributed by atoms with Gasteiger partial charge in [-0.2, -0.15) is 0 Å². The fourth-order valence-electron chi connectivity index (χ4n) is 3.91. The monoisotopic (exact) mass is 335 g/mol. The predicted octanol–water partition coefficient (Wildman–Crippen LogP) is 4.29. The molecule has 0 aliphatic carbocycles. The summed E-state index contributed by atoms with van der Waals surface area (Å²) in [5.41, 5.74) is 5.52. The molecule has 0 unspecified atom stereocenters. The second kappa shape index (κ2) is 6.21. The molecule has 1 aromatic heterocycles. The molecule has 2 N–H and O–H groups in total. The quantitative estimate of drug-likeness (QED) is 0.570. The van der Waals surface area contributed by atoms with Gasteiger partial charge >= 0.3 is 0 Å². The van der Waals surface area contributed by atoms with E-state index in [4.69, 9.17) is 10.3 Å². The molecule has 2 heterocycles. The number of hydrogen-bond acceptors (Lipinski definition) is 4. The van der Waals surface area contributed by atoms with E-state index in [1.54, 1.807) is 5.01 Å². The highest BCUT2D eigenvalue weighted by atomic mass is 16.3. The summed E-state index contributed by atoms with van der Waals surface area (Å²) in [6.07, 6.45) is 2.02. The van der Waals surface area contributed by atoms with Crippen LogP contribution >= 0.6 is 0 Å². The van der Waals surface area contributed by atoms with Crippen molar-refractivity contribution in [3.63, 3.8) is 0 Å². The molecule has 0 amide bonds. The SMILES string of the molecule is C=C1C[C@@H](CN(C)N)CN1c1ccc2c(c1)oc1ccc(CC)cc12. The molecule has 1 aliphatic rings. The Kier molecular flexibility index (Phi) is 4.02. The number of fused-ring (bicyclic) bond motifs is 3. The predicted molar refractivity (Wildman–Crippen MR) is 105 cm³/mol. The highest BCUT2D eigenvalue weighted by Crippen LogP contribution is 2.36. The summed E-state index contributed by atoms with van der Waals surface area (Å²) in [5, 5.41) is 4.13. The minimum Gasteiger partial charge on any atom is -0.456 e. The molecule has 1 saturated heterocycles.